The van der Waals surface area contributed by atoms with Crippen LogP contribution in [0.2, 0.25) is 0 Å². The second-order valence-corrected chi connectivity index (χ2v) is 7.77. The van der Waals surface area contributed by atoms with Crippen molar-refractivity contribution in [3.63, 3.8) is 0 Å². The van der Waals surface area contributed by atoms with Crippen molar-refractivity contribution < 1.29 is 14.3 Å². The molecule has 0 radical (unpaired) electrons. The highest BCUT2D eigenvalue weighted by Crippen LogP contribution is 2.24. The van der Waals surface area contributed by atoms with E-state index in [9.17, 15) is 9.59 Å². The van der Waals surface area contributed by atoms with Crippen LogP contribution in [0.25, 0.3) is 5.69 Å². The number of ether oxygens (including phenoxy) is 1. The minimum atomic E-state index is 0.0136. The van der Waals surface area contributed by atoms with Crippen LogP contribution in [0.1, 0.15) is 32.1 Å². The van der Waals surface area contributed by atoms with Crippen molar-refractivity contribution >= 4 is 11.8 Å². The molecule has 1 aromatic heterocycles. The van der Waals surface area contributed by atoms with Crippen LogP contribution in [0.4, 0.5) is 0 Å². The summed E-state index contributed by atoms with van der Waals surface area (Å²) in [6.45, 7) is 6.12. The number of aromatic nitrogens is 1. The fourth-order valence-electron chi connectivity index (χ4n) is 4.15. The van der Waals surface area contributed by atoms with Gasteiger partial charge in [-0.05, 0) is 56.3 Å². The summed E-state index contributed by atoms with van der Waals surface area (Å²) in [6, 6.07) is 19.0. The molecular formula is C25H27N3O3. The molecular weight excluding hydrogens is 390 g/mol. The summed E-state index contributed by atoms with van der Waals surface area (Å²) in [5.74, 6) is 0.829. The molecule has 1 aliphatic heterocycles. The number of rotatable bonds is 4. The topological polar surface area (TPSA) is 54.8 Å². The molecule has 6 heteroatoms. The molecule has 6 nitrogen and oxygen atoms in total. The molecule has 4 rings (SSSR count). The van der Waals surface area contributed by atoms with Crippen molar-refractivity contribution in [2.45, 2.75) is 13.8 Å². The van der Waals surface area contributed by atoms with E-state index >= 15 is 0 Å². The lowest BCUT2D eigenvalue weighted by Crippen LogP contribution is -2.50. The van der Waals surface area contributed by atoms with Crippen LogP contribution >= 0.6 is 0 Å². The standard InChI is InChI=1S/C25H27N3O3/c1-18-17-23(19(2)28(18)21-9-11-22(31-3)12-10-21)25(30)27-15-13-26(14-16-27)24(29)20-7-5-4-6-8-20/h4-12,17H,13-16H2,1-3H3. The van der Waals surface area contributed by atoms with Crippen LogP contribution in [-0.2, 0) is 0 Å². The Kier molecular flexibility index (Phi) is 5.80. The van der Waals surface area contributed by atoms with Gasteiger partial charge in [-0.2, -0.15) is 0 Å². The third kappa shape index (κ3) is 4.06. The van der Waals surface area contributed by atoms with Crippen LogP contribution in [0.3, 0.4) is 0 Å². The summed E-state index contributed by atoms with van der Waals surface area (Å²) in [6.07, 6.45) is 0. The van der Waals surface area contributed by atoms with Crippen molar-refractivity contribution in [1.82, 2.24) is 14.4 Å². The van der Waals surface area contributed by atoms with Gasteiger partial charge in [0.15, 0.2) is 0 Å². The van der Waals surface area contributed by atoms with Crippen molar-refractivity contribution in [3.8, 4) is 11.4 Å². The number of nitrogens with zero attached hydrogens (tertiary/aromatic N) is 3. The summed E-state index contributed by atoms with van der Waals surface area (Å²) < 4.78 is 7.33. The average Bonchev–Trinajstić information content (AvgIpc) is 3.12. The maximum Gasteiger partial charge on any atom is 0.255 e. The number of hydrogen-bond donors (Lipinski definition) is 0. The van der Waals surface area contributed by atoms with Crippen LogP contribution in [-0.4, -0.2) is 59.5 Å². The molecule has 1 saturated heterocycles. The number of carbonyl (C=O) groups excluding carboxylic acids is 2. The van der Waals surface area contributed by atoms with Crippen molar-refractivity contribution in [3.05, 3.63) is 83.2 Å². The van der Waals surface area contributed by atoms with Gasteiger partial charge in [0.05, 0.1) is 12.7 Å². The number of aryl methyl sites for hydroxylation is 1. The Morgan fingerprint density at radius 3 is 1.97 bits per heavy atom. The van der Waals surface area contributed by atoms with Gasteiger partial charge >= 0.3 is 0 Å². The van der Waals surface area contributed by atoms with E-state index in [1.807, 2.05) is 84.3 Å². The minimum Gasteiger partial charge on any atom is -0.497 e. The smallest absolute Gasteiger partial charge is 0.255 e. The number of amides is 2. The zero-order valence-electron chi connectivity index (χ0n) is 18.2. The fraction of sp³-hybridized carbons (Fsp3) is 0.280. The zero-order valence-corrected chi connectivity index (χ0v) is 18.2. The molecule has 1 fully saturated rings. The Bertz CT molecular complexity index is 1080. The van der Waals surface area contributed by atoms with Crippen molar-refractivity contribution in [2.75, 3.05) is 33.3 Å². The summed E-state index contributed by atoms with van der Waals surface area (Å²) in [7, 11) is 1.64. The van der Waals surface area contributed by atoms with E-state index in [1.54, 1.807) is 7.11 Å². The van der Waals surface area contributed by atoms with Gasteiger partial charge in [-0.1, -0.05) is 18.2 Å². The van der Waals surface area contributed by atoms with Gasteiger partial charge in [0.1, 0.15) is 5.75 Å². The third-order valence-electron chi connectivity index (χ3n) is 5.87. The Morgan fingerprint density at radius 2 is 1.39 bits per heavy atom. The predicted molar refractivity (Wildman–Crippen MR) is 120 cm³/mol. The first-order chi connectivity index (χ1) is 15.0. The van der Waals surface area contributed by atoms with Crippen LogP contribution in [0.15, 0.2) is 60.7 Å². The lowest BCUT2D eigenvalue weighted by atomic mass is 10.1. The van der Waals surface area contributed by atoms with E-state index in [0.29, 0.717) is 37.3 Å². The first-order valence-electron chi connectivity index (χ1n) is 10.5. The van der Waals surface area contributed by atoms with E-state index in [4.69, 9.17) is 4.74 Å². The molecule has 0 N–H and O–H groups in total. The van der Waals surface area contributed by atoms with E-state index in [1.165, 1.54) is 0 Å². The molecule has 0 aliphatic carbocycles. The Hall–Kier alpha value is -3.54. The van der Waals surface area contributed by atoms with Gasteiger partial charge < -0.3 is 19.1 Å². The van der Waals surface area contributed by atoms with Gasteiger partial charge in [-0.3, -0.25) is 9.59 Å². The number of benzene rings is 2. The van der Waals surface area contributed by atoms with Crippen LogP contribution in [0, 0.1) is 13.8 Å². The SMILES string of the molecule is COc1ccc(-n2c(C)cc(C(=O)N3CCN(C(=O)c4ccccc4)CC3)c2C)cc1. The number of methoxy groups -OCH3 is 1. The Balaban J connectivity index is 1.47. The second kappa shape index (κ2) is 8.68. The highest BCUT2D eigenvalue weighted by atomic mass is 16.5. The Morgan fingerprint density at radius 1 is 0.806 bits per heavy atom. The molecule has 2 heterocycles. The van der Waals surface area contributed by atoms with Gasteiger partial charge in [-0.15, -0.1) is 0 Å². The predicted octanol–water partition coefficient (Wildman–Crippen LogP) is 3.70. The number of piperazine rings is 1. The van der Waals surface area contributed by atoms with E-state index in [0.717, 1.165) is 22.8 Å². The van der Waals surface area contributed by atoms with E-state index in [2.05, 4.69) is 4.57 Å². The molecule has 0 bridgehead atoms. The maximum atomic E-state index is 13.3. The molecule has 2 aromatic carbocycles. The molecule has 0 atom stereocenters. The summed E-state index contributed by atoms with van der Waals surface area (Å²) >= 11 is 0. The summed E-state index contributed by atoms with van der Waals surface area (Å²) in [5.41, 5.74) is 4.30. The molecule has 0 spiro atoms. The zero-order chi connectivity index (χ0) is 22.0. The minimum absolute atomic E-state index is 0.0136. The van der Waals surface area contributed by atoms with Gasteiger partial charge in [-0.25, -0.2) is 0 Å². The highest BCUT2D eigenvalue weighted by Gasteiger charge is 2.27. The summed E-state index contributed by atoms with van der Waals surface area (Å²) in [5, 5.41) is 0. The normalized spacial score (nSPS) is 13.9. The molecule has 0 unspecified atom stereocenters. The van der Waals surface area contributed by atoms with Gasteiger partial charge in [0, 0.05) is 48.8 Å². The lowest BCUT2D eigenvalue weighted by molar-refractivity contribution is 0.0535. The molecule has 160 valence electrons. The maximum absolute atomic E-state index is 13.3. The summed E-state index contributed by atoms with van der Waals surface area (Å²) in [4.78, 5) is 29.6. The molecule has 2 amide bonds. The van der Waals surface area contributed by atoms with Gasteiger partial charge in [0.2, 0.25) is 0 Å². The quantitative estimate of drug-likeness (QED) is 0.650. The molecule has 0 saturated carbocycles. The average molecular weight is 418 g/mol. The van der Waals surface area contributed by atoms with Crippen molar-refractivity contribution in [1.29, 1.82) is 0 Å². The third-order valence-corrected chi connectivity index (χ3v) is 5.87. The first kappa shape index (κ1) is 20.7. The number of hydrogen-bond acceptors (Lipinski definition) is 3. The largest absolute Gasteiger partial charge is 0.497 e. The fourth-order valence-corrected chi connectivity index (χ4v) is 4.15. The monoisotopic (exact) mass is 417 g/mol. The lowest BCUT2D eigenvalue weighted by Gasteiger charge is -2.34. The van der Waals surface area contributed by atoms with Gasteiger partial charge in [0.25, 0.3) is 11.8 Å². The molecule has 3 aromatic rings. The number of carbonyl (C=O) groups is 2. The molecule has 1 aliphatic rings. The Labute approximate surface area is 182 Å². The van der Waals surface area contributed by atoms with Crippen LogP contribution in [0.5, 0.6) is 5.75 Å². The highest BCUT2D eigenvalue weighted by molar-refractivity contribution is 5.97. The van der Waals surface area contributed by atoms with E-state index in [-0.39, 0.29) is 11.8 Å². The van der Waals surface area contributed by atoms with E-state index < -0.39 is 0 Å². The van der Waals surface area contributed by atoms with Crippen molar-refractivity contribution in [2.24, 2.45) is 0 Å². The molecule has 31 heavy (non-hydrogen) atoms. The first-order valence-corrected chi connectivity index (χ1v) is 10.5. The second-order valence-electron chi connectivity index (χ2n) is 7.77. The van der Waals surface area contributed by atoms with Crippen LogP contribution < -0.4 is 4.74 Å².